The average molecular weight is 400 g/mol. The summed E-state index contributed by atoms with van der Waals surface area (Å²) in [5, 5.41) is 6.45. The minimum Gasteiger partial charge on any atom is -0.452 e. The lowest BCUT2D eigenvalue weighted by atomic mass is 10.2. The molecule has 0 fully saturated rings. The van der Waals surface area contributed by atoms with E-state index in [-0.39, 0.29) is 0 Å². The van der Waals surface area contributed by atoms with Crippen molar-refractivity contribution in [2.75, 3.05) is 11.9 Å². The monoisotopic (exact) mass is 400 g/mol. The van der Waals surface area contributed by atoms with Crippen molar-refractivity contribution in [3.05, 3.63) is 77.4 Å². The standard InChI is InChI=1S/C20H17FN2O4S/c1-13-10-16(23-27-13)12-28-18-5-3-2-4-17(18)20(25)26-11-19(24)22-15-8-6-14(21)7-9-15/h2-10H,11-12H2,1H3,(H,22,24). The van der Waals surface area contributed by atoms with E-state index in [1.54, 1.807) is 18.2 Å². The van der Waals surface area contributed by atoms with Gasteiger partial charge in [-0.15, -0.1) is 11.8 Å². The molecule has 1 amide bonds. The maximum Gasteiger partial charge on any atom is 0.339 e. The van der Waals surface area contributed by atoms with Crippen molar-refractivity contribution in [2.45, 2.75) is 17.6 Å². The van der Waals surface area contributed by atoms with Gasteiger partial charge in [0, 0.05) is 22.4 Å². The molecule has 0 atom stereocenters. The summed E-state index contributed by atoms with van der Waals surface area (Å²) in [6.45, 7) is 1.36. The fraction of sp³-hybridized carbons (Fsp3) is 0.150. The third-order valence-electron chi connectivity index (χ3n) is 3.62. The zero-order valence-corrected chi connectivity index (χ0v) is 15.8. The third kappa shape index (κ3) is 5.43. The minimum atomic E-state index is -0.603. The molecule has 1 heterocycles. The normalized spacial score (nSPS) is 10.5. The molecular formula is C20H17FN2O4S. The number of aromatic nitrogens is 1. The highest BCUT2D eigenvalue weighted by Crippen LogP contribution is 2.26. The van der Waals surface area contributed by atoms with Crippen LogP contribution in [-0.4, -0.2) is 23.6 Å². The van der Waals surface area contributed by atoms with Gasteiger partial charge < -0.3 is 14.6 Å². The first-order chi connectivity index (χ1) is 13.5. The maximum atomic E-state index is 12.9. The number of esters is 1. The summed E-state index contributed by atoms with van der Waals surface area (Å²) < 4.78 is 23.0. The van der Waals surface area contributed by atoms with E-state index in [1.165, 1.54) is 36.0 Å². The van der Waals surface area contributed by atoms with Crippen LogP contribution >= 0.6 is 11.8 Å². The van der Waals surface area contributed by atoms with Crippen LogP contribution in [0.3, 0.4) is 0 Å². The number of amides is 1. The number of carbonyl (C=O) groups excluding carboxylic acids is 2. The fourth-order valence-corrected chi connectivity index (χ4v) is 3.26. The highest BCUT2D eigenvalue weighted by molar-refractivity contribution is 7.98. The SMILES string of the molecule is Cc1cc(CSc2ccccc2C(=O)OCC(=O)Nc2ccc(F)cc2)no1. The van der Waals surface area contributed by atoms with Crippen LogP contribution in [0.15, 0.2) is 64.0 Å². The number of thioether (sulfide) groups is 1. The van der Waals surface area contributed by atoms with Crippen molar-refractivity contribution >= 4 is 29.3 Å². The maximum absolute atomic E-state index is 12.9. The van der Waals surface area contributed by atoms with Crippen molar-refractivity contribution in [1.29, 1.82) is 0 Å². The summed E-state index contributed by atoms with van der Waals surface area (Å²) in [7, 11) is 0. The van der Waals surface area contributed by atoms with Gasteiger partial charge in [-0.05, 0) is 43.3 Å². The number of ether oxygens (including phenoxy) is 1. The number of anilines is 1. The molecule has 144 valence electrons. The predicted octanol–water partition coefficient (Wildman–Crippen LogP) is 4.21. The molecule has 6 nitrogen and oxygen atoms in total. The van der Waals surface area contributed by atoms with Crippen LogP contribution < -0.4 is 5.32 Å². The van der Waals surface area contributed by atoms with Gasteiger partial charge in [0.15, 0.2) is 6.61 Å². The molecule has 0 radical (unpaired) electrons. The van der Waals surface area contributed by atoms with Gasteiger partial charge in [-0.1, -0.05) is 17.3 Å². The topological polar surface area (TPSA) is 81.4 Å². The molecule has 8 heteroatoms. The minimum absolute atomic E-state index is 0.363. The van der Waals surface area contributed by atoms with Gasteiger partial charge in [0.25, 0.3) is 5.91 Å². The molecule has 0 spiro atoms. The zero-order chi connectivity index (χ0) is 19.9. The fourth-order valence-electron chi connectivity index (χ4n) is 2.34. The molecule has 0 aliphatic heterocycles. The summed E-state index contributed by atoms with van der Waals surface area (Å²) >= 11 is 1.42. The number of benzene rings is 2. The molecule has 3 rings (SSSR count). The number of nitrogens with one attached hydrogen (secondary N) is 1. The Morgan fingerprint density at radius 1 is 1.18 bits per heavy atom. The van der Waals surface area contributed by atoms with E-state index in [0.29, 0.717) is 21.9 Å². The van der Waals surface area contributed by atoms with E-state index >= 15 is 0 Å². The molecule has 0 aliphatic rings. The average Bonchev–Trinajstić information content (AvgIpc) is 3.12. The first-order valence-electron chi connectivity index (χ1n) is 8.38. The van der Waals surface area contributed by atoms with Gasteiger partial charge in [0.1, 0.15) is 11.6 Å². The molecule has 1 N–H and O–H groups in total. The summed E-state index contributed by atoms with van der Waals surface area (Å²) in [5.74, 6) is -0.265. The van der Waals surface area contributed by atoms with Crippen LogP contribution in [0.25, 0.3) is 0 Å². The quantitative estimate of drug-likeness (QED) is 0.473. The van der Waals surface area contributed by atoms with Crippen LogP contribution in [0.1, 0.15) is 21.8 Å². The van der Waals surface area contributed by atoms with Crippen molar-refractivity contribution < 1.29 is 23.2 Å². The lowest BCUT2D eigenvalue weighted by Crippen LogP contribution is -2.21. The molecule has 0 saturated carbocycles. The molecule has 1 aromatic heterocycles. The Kier molecular flexibility index (Phi) is 6.44. The Bertz CT molecular complexity index is 972. The molecule has 28 heavy (non-hydrogen) atoms. The number of aryl methyl sites for hydroxylation is 1. The lowest BCUT2D eigenvalue weighted by Gasteiger charge is -2.09. The number of rotatable bonds is 7. The van der Waals surface area contributed by atoms with Crippen molar-refractivity contribution in [3.63, 3.8) is 0 Å². The van der Waals surface area contributed by atoms with Crippen LogP contribution in [0.5, 0.6) is 0 Å². The van der Waals surface area contributed by atoms with Crippen LogP contribution in [0.4, 0.5) is 10.1 Å². The first kappa shape index (κ1) is 19.6. The van der Waals surface area contributed by atoms with Gasteiger partial charge in [0.2, 0.25) is 0 Å². The van der Waals surface area contributed by atoms with Crippen LogP contribution in [-0.2, 0) is 15.3 Å². The van der Waals surface area contributed by atoms with Gasteiger partial charge in [0.05, 0.1) is 11.3 Å². The molecular weight excluding hydrogens is 383 g/mol. The zero-order valence-electron chi connectivity index (χ0n) is 15.0. The summed E-state index contributed by atoms with van der Waals surface area (Å²) in [4.78, 5) is 25.0. The Hall–Kier alpha value is -3.13. The predicted molar refractivity (Wildman–Crippen MR) is 103 cm³/mol. The summed E-state index contributed by atoms with van der Waals surface area (Å²) in [6.07, 6.45) is 0. The van der Waals surface area contributed by atoms with Crippen molar-refractivity contribution in [1.82, 2.24) is 5.16 Å². The molecule has 3 aromatic rings. The van der Waals surface area contributed by atoms with E-state index in [9.17, 15) is 14.0 Å². The van der Waals surface area contributed by atoms with Crippen molar-refractivity contribution in [3.8, 4) is 0 Å². The van der Waals surface area contributed by atoms with E-state index in [1.807, 2.05) is 19.1 Å². The first-order valence-corrected chi connectivity index (χ1v) is 9.36. The Morgan fingerprint density at radius 3 is 2.64 bits per heavy atom. The second-order valence-electron chi connectivity index (χ2n) is 5.84. The smallest absolute Gasteiger partial charge is 0.339 e. The number of hydrogen-bond acceptors (Lipinski definition) is 6. The summed E-state index contributed by atoms with van der Waals surface area (Å²) in [6, 6.07) is 14.1. The van der Waals surface area contributed by atoms with Crippen LogP contribution in [0, 0.1) is 12.7 Å². The van der Waals surface area contributed by atoms with E-state index < -0.39 is 24.3 Å². The van der Waals surface area contributed by atoms with Gasteiger partial charge in [-0.3, -0.25) is 4.79 Å². The van der Waals surface area contributed by atoms with Crippen LogP contribution in [0.2, 0.25) is 0 Å². The molecule has 0 bridgehead atoms. The highest BCUT2D eigenvalue weighted by atomic mass is 32.2. The van der Waals surface area contributed by atoms with E-state index in [4.69, 9.17) is 9.26 Å². The lowest BCUT2D eigenvalue weighted by molar-refractivity contribution is -0.119. The second kappa shape index (κ2) is 9.18. The highest BCUT2D eigenvalue weighted by Gasteiger charge is 2.15. The van der Waals surface area contributed by atoms with Gasteiger partial charge >= 0.3 is 5.97 Å². The number of hydrogen-bond donors (Lipinski definition) is 1. The van der Waals surface area contributed by atoms with Gasteiger partial charge in [-0.25, -0.2) is 9.18 Å². The molecule has 2 aromatic carbocycles. The molecule has 0 saturated heterocycles. The molecule has 0 unspecified atom stereocenters. The number of halogens is 1. The largest absolute Gasteiger partial charge is 0.452 e. The second-order valence-corrected chi connectivity index (χ2v) is 6.86. The molecule has 0 aliphatic carbocycles. The third-order valence-corrected chi connectivity index (χ3v) is 4.73. The Morgan fingerprint density at radius 2 is 1.93 bits per heavy atom. The van der Waals surface area contributed by atoms with Crippen molar-refractivity contribution in [2.24, 2.45) is 0 Å². The van der Waals surface area contributed by atoms with E-state index in [2.05, 4.69) is 10.5 Å². The number of carbonyl (C=O) groups is 2. The number of nitrogens with zero attached hydrogens (tertiary/aromatic N) is 1. The Labute approximate surface area is 165 Å². The summed E-state index contributed by atoms with van der Waals surface area (Å²) in [5.41, 5.74) is 1.55. The Balaban J connectivity index is 1.56. The van der Waals surface area contributed by atoms with Gasteiger partial charge in [-0.2, -0.15) is 0 Å². The van der Waals surface area contributed by atoms with E-state index in [0.717, 1.165) is 11.5 Å².